The van der Waals surface area contributed by atoms with Crippen LogP contribution in [0.1, 0.15) is 62.1 Å². The lowest BCUT2D eigenvalue weighted by molar-refractivity contribution is 0.0441. The number of carboxylic acids is 4. The Morgan fingerprint density at radius 2 is 0.829 bits per heavy atom. The third kappa shape index (κ3) is 7.08. The molecule has 4 N–H and O–H groups in total. The molecule has 35 heavy (non-hydrogen) atoms. The first kappa shape index (κ1) is 25.9. The highest BCUT2D eigenvalue weighted by Crippen LogP contribution is 2.18. The summed E-state index contributed by atoms with van der Waals surface area (Å²) in [6.45, 7) is 0. The molecule has 0 aromatic heterocycles. The zero-order valence-electron chi connectivity index (χ0n) is 17.6. The van der Waals surface area contributed by atoms with Crippen LogP contribution in [0.4, 0.5) is 0 Å². The van der Waals surface area contributed by atoms with Crippen molar-refractivity contribution in [1.29, 1.82) is 0 Å². The smallest absolute Gasteiger partial charge is 0.346 e. The molecule has 3 aromatic carbocycles. The van der Waals surface area contributed by atoms with Crippen LogP contribution in [0, 0.1) is 0 Å². The van der Waals surface area contributed by atoms with Crippen LogP contribution in [0.15, 0.2) is 72.8 Å². The molecule has 1 aliphatic heterocycles. The number of rotatable bonds is 4. The number of ether oxygens (including phenoxy) is 1. The van der Waals surface area contributed by atoms with Gasteiger partial charge in [-0.05, 0) is 54.6 Å². The van der Waals surface area contributed by atoms with Gasteiger partial charge in [-0.15, -0.1) is 0 Å². The molecule has 0 fully saturated rings. The lowest BCUT2D eigenvalue weighted by atomic mass is 10.1. The van der Waals surface area contributed by atoms with Crippen LogP contribution in [0.3, 0.4) is 0 Å². The van der Waals surface area contributed by atoms with E-state index in [2.05, 4.69) is 4.74 Å². The van der Waals surface area contributed by atoms with Crippen LogP contribution in [-0.4, -0.2) is 56.2 Å². The van der Waals surface area contributed by atoms with Crippen LogP contribution in [-0.2, 0) is 4.74 Å². The Labute approximate surface area is 196 Å². The van der Waals surface area contributed by atoms with Gasteiger partial charge in [0.15, 0.2) is 0 Å². The first-order valence-electron chi connectivity index (χ1n) is 9.50. The van der Waals surface area contributed by atoms with Gasteiger partial charge in [-0.25, -0.2) is 28.8 Å². The Kier molecular flexibility index (Phi) is 8.53. The molecule has 11 heteroatoms. The number of carboxylic acid groups (broad SMARTS) is 4. The minimum atomic E-state index is -1.13. The van der Waals surface area contributed by atoms with Crippen LogP contribution < -0.4 is 0 Å². The minimum absolute atomic E-state index is 0.0186. The molecule has 0 atom stereocenters. The summed E-state index contributed by atoms with van der Waals surface area (Å²) in [7, 11) is 0. The van der Waals surface area contributed by atoms with E-state index in [-0.39, 0.29) is 22.3 Å². The fraction of sp³-hybridized carbons (Fsp3) is 0. The Morgan fingerprint density at radius 3 is 1.14 bits per heavy atom. The van der Waals surface area contributed by atoms with Gasteiger partial charge in [0.1, 0.15) is 0 Å². The molecule has 1 heterocycles. The van der Waals surface area contributed by atoms with Crippen molar-refractivity contribution in [3.63, 3.8) is 0 Å². The second kappa shape index (κ2) is 11.5. The van der Waals surface area contributed by atoms with E-state index in [1.54, 1.807) is 24.3 Å². The number of hydrogen-bond acceptors (Lipinski definition) is 7. The van der Waals surface area contributed by atoms with Crippen molar-refractivity contribution < 1.29 is 53.9 Å². The SMILES string of the molecule is O=C(O)c1ccc(C(=O)O)cc1.O=C(O)c1cccc(C(=O)O)c1.O=C1OC(=O)c2ccccc21. The summed E-state index contributed by atoms with van der Waals surface area (Å²) in [6.07, 6.45) is 0. The van der Waals surface area contributed by atoms with Crippen molar-refractivity contribution in [2.24, 2.45) is 0 Å². The number of esters is 2. The fourth-order valence-electron chi connectivity index (χ4n) is 2.57. The molecule has 0 amide bonds. The topological polar surface area (TPSA) is 193 Å². The van der Waals surface area contributed by atoms with E-state index in [0.717, 1.165) is 6.07 Å². The Balaban J connectivity index is 0.000000185. The van der Waals surface area contributed by atoms with Gasteiger partial charge >= 0.3 is 35.8 Å². The number of aromatic carboxylic acids is 4. The molecule has 3 aromatic rings. The number of benzene rings is 3. The highest BCUT2D eigenvalue weighted by molar-refractivity contribution is 6.14. The molecule has 0 unspecified atom stereocenters. The Bertz CT molecular complexity index is 1210. The molecule has 11 nitrogen and oxygen atoms in total. The highest BCUT2D eigenvalue weighted by atomic mass is 16.6. The summed E-state index contributed by atoms with van der Waals surface area (Å²) >= 11 is 0. The van der Waals surface area contributed by atoms with Crippen molar-refractivity contribution in [2.45, 2.75) is 0 Å². The lowest BCUT2D eigenvalue weighted by Gasteiger charge is -1.95. The van der Waals surface area contributed by atoms with Gasteiger partial charge < -0.3 is 25.2 Å². The summed E-state index contributed by atoms with van der Waals surface area (Å²) in [4.78, 5) is 63.1. The number of fused-ring (bicyclic) bond motifs is 1. The molecular formula is C24H16O11. The molecule has 0 bridgehead atoms. The maximum absolute atomic E-state index is 10.8. The van der Waals surface area contributed by atoms with E-state index in [9.17, 15) is 28.8 Å². The van der Waals surface area contributed by atoms with Crippen molar-refractivity contribution in [2.75, 3.05) is 0 Å². The predicted molar refractivity (Wildman–Crippen MR) is 117 cm³/mol. The highest BCUT2D eigenvalue weighted by Gasteiger charge is 2.28. The summed E-state index contributed by atoms with van der Waals surface area (Å²) < 4.78 is 4.35. The minimum Gasteiger partial charge on any atom is -0.478 e. The van der Waals surface area contributed by atoms with Gasteiger partial charge in [0.05, 0.1) is 33.4 Å². The van der Waals surface area contributed by atoms with Gasteiger partial charge in [0.25, 0.3) is 0 Å². The second-order valence-electron chi connectivity index (χ2n) is 6.60. The van der Waals surface area contributed by atoms with Crippen molar-refractivity contribution in [3.05, 3.63) is 106 Å². The molecule has 178 valence electrons. The lowest BCUT2D eigenvalue weighted by Crippen LogP contribution is -2.01. The Morgan fingerprint density at radius 1 is 0.486 bits per heavy atom. The van der Waals surface area contributed by atoms with E-state index in [4.69, 9.17) is 20.4 Å². The molecule has 0 radical (unpaired) electrons. The maximum atomic E-state index is 10.8. The van der Waals surface area contributed by atoms with Crippen molar-refractivity contribution in [3.8, 4) is 0 Å². The predicted octanol–water partition coefficient (Wildman–Crippen LogP) is 3.16. The molecule has 0 saturated heterocycles. The largest absolute Gasteiger partial charge is 0.478 e. The van der Waals surface area contributed by atoms with Crippen molar-refractivity contribution >= 4 is 35.8 Å². The fourth-order valence-corrected chi connectivity index (χ4v) is 2.57. The summed E-state index contributed by atoms with van der Waals surface area (Å²) in [5.74, 6) is -5.48. The van der Waals surface area contributed by atoms with Crippen molar-refractivity contribution in [1.82, 2.24) is 0 Å². The maximum Gasteiger partial charge on any atom is 0.346 e. The number of cyclic esters (lactones) is 2. The monoisotopic (exact) mass is 480 g/mol. The van der Waals surface area contributed by atoms with Gasteiger partial charge in [0.2, 0.25) is 0 Å². The molecule has 4 rings (SSSR count). The Hall–Kier alpha value is -5.32. The van der Waals surface area contributed by atoms with E-state index in [1.807, 2.05) is 0 Å². The van der Waals surface area contributed by atoms with E-state index < -0.39 is 35.8 Å². The third-order valence-electron chi connectivity index (χ3n) is 4.29. The number of carbonyl (C=O) groups excluding carboxylic acids is 2. The second-order valence-corrected chi connectivity index (χ2v) is 6.60. The first-order valence-corrected chi connectivity index (χ1v) is 9.50. The molecule has 0 spiro atoms. The summed E-state index contributed by atoms with van der Waals surface area (Å²) in [5.41, 5.74) is 0.847. The number of hydrogen-bond donors (Lipinski definition) is 4. The first-order chi connectivity index (χ1) is 16.5. The zero-order valence-corrected chi connectivity index (χ0v) is 17.6. The standard InChI is InChI=1S/2C8H6O4.C8H4O3/c9-7(10)5-1-2-6(4-3-5)8(11)12;9-7(10)5-2-1-3-6(4-5)8(11)12;9-7-5-3-1-2-4-6(5)8(10)11-7/h2*1-4H,(H,9,10)(H,11,12);1-4H. The molecule has 1 aliphatic rings. The van der Waals surface area contributed by atoms with E-state index in [1.165, 1.54) is 42.5 Å². The van der Waals surface area contributed by atoms with Crippen LogP contribution in [0.2, 0.25) is 0 Å². The third-order valence-corrected chi connectivity index (χ3v) is 4.29. The summed E-state index contributed by atoms with van der Waals surface area (Å²) in [5, 5.41) is 33.9. The van der Waals surface area contributed by atoms with Gasteiger partial charge in [0, 0.05) is 0 Å². The zero-order chi connectivity index (χ0) is 26.1. The average molecular weight is 480 g/mol. The normalized spacial score (nSPS) is 11.0. The molecule has 0 aliphatic carbocycles. The average Bonchev–Trinajstić information content (AvgIpc) is 3.13. The number of carbonyl (C=O) groups is 6. The van der Waals surface area contributed by atoms with Crippen LogP contribution in [0.5, 0.6) is 0 Å². The van der Waals surface area contributed by atoms with E-state index >= 15 is 0 Å². The van der Waals surface area contributed by atoms with Gasteiger partial charge in [-0.2, -0.15) is 0 Å². The molecule has 0 saturated carbocycles. The van der Waals surface area contributed by atoms with Crippen LogP contribution in [0.25, 0.3) is 0 Å². The van der Waals surface area contributed by atoms with Gasteiger partial charge in [-0.1, -0.05) is 18.2 Å². The van der Waals surface area contributed by atoms with Crippen LogP contribution >= 0.6 is 0 Å². The quantitative estimate of drug-likeness (QED) is 0.316. The van der Waals surface area contributed by atoms with Gasteiger partial charge in [-0.3, -0.25) is 0 Å². The molecular weight excluding hydrogens is 464 g/mol. The summed E-state index contributed by atoms with van der Waals surface area (Å²) in [6, 6.07) is 16.7. The van der Waals surface area contributed by atoms with E-state index in [0.29, 0.717) is 11.1 Å².